The summed E-state index contributed by atoms with van der Waals surface area (Å²) in [6, 6.07) is 5.75. The number of carbonyl (C=O) groups excluding carboxylic acids is 1. The number of halogens is 2. The van der Waals surface area contributed by atoms with Gasteiger partial charge in [0.2, 0.25) is 0 Å². The molecule has 1 saturated heterocycles. The van der Waals surface area contributed by atoms with E-state index in [9.17, 15) is 4.79 Å². The number of hydrogen-bond acceptors (Lipinski definition) is 4. The summed E-state index contributed by atoms with van der Waals surface area (Å²) in [6.07, 6.45) is 1.12. The Balaban J connectivity index is 0.00000220. The van der Waals surface area contributed by atoms with Crippen molar-refractivity contribution in [3.05, 3.63) is 34.3 Å². The average molecular weight is 333 g/mol. The number of nitrogens with zero attached hydrogens (tertiary/aromatic N) is 1. The van der Waals surface area contributed by atoms with Crippen LogP contribution in [-0.2, 0) is 11.3 Å². The molecule has 1 fully saturated rings. The lowest BCUT2D eigenvalue weighted by Gasteiger charge is -2.22. The molecule has 118 valence electrons. The third kappa shape index (κ3) is 4.33. The summed E-state index contributed by atoms with van der Waals surface area (Å²) in [5.74, 6) is 0.213. The van der Waals surface area contributed by atoms with Crippen LogP contribution < -0.4 is 5.73 Å². The Bertz CT molecular complexity index is 497. The van der Waals surface area contributed by atoms with Crippen LogP contribution in [0.3, 0.4) is 0 Å². The van der Waals surface area contributed by atoms with E-state index in [4.69, 9.17) is 22.1 Å². The summed E-state index contributed by atoms with van der Waals surface area (Å²) in [7, 11) is 1.38. The first kappa shape index (κ1) is 18.2. The van der Waals surface area contributed by atoms with Gasteiger partial charge in [0.15, 0.2) is 0 Å². The molecule has 0 bridgehead atoms. The summed E-state index contributed by atoms with van der Waals surface area (Å²) in [5, 5.41) is 0.682. The highest BCUT2D eigenvalue weighted by Crippen LogP contribution is 2.27. The molecule has 21 heavy (non-hydrogen) atoms. The fourth-order valence-corrected chi connectivity index (χ4v) is 2.95. The quantitative estimate of drug-likeness (QED) is 0.861. The second-order valence-corrected chi connectivity index (χ2v) is 5.82. The number of benzene rings is 1. The summed E-state index contributed by atoms with van der Waals surface area (Å²) in [5.41, 5.74) is 7.24. The van der Waals surface area contributed by atoms with E-state index in [1.165, 1.54) is 7.11 Å². The third-order valence-electron chi connectivity index (χ3n) is 3.96. The van der Waals surface area contributed by atoms with Crippen LogP contribution in [0.5, 0.6) is 0 Å². The Morgan fingerprint density at radius 2 is 2.24 bits per heavy atom. The monoisotopic (exact) mass is 332 g/mol. The van der Waals surface area contributed by atoms with Crippen LogP contribution >= 0.6 is 24.0 Å². The standard InChI is InChI=1S/C15H21ClN2O2.ClH/c1-10-5-11(7-17)8-18(10)9-13-6-12(15(19)20-2)3-4-14(13)16;/h3-4,6,10-11H,5,7-9,17H2,1-2H3;1H. The smallest absolute Gasteiger partial charge is 0.337 e. The van der Waals surface area contributed by atoms with Gasteiger partial charge in [0.05, 0.1) is 12.7 Å². The Morgan fingerprint density at radius 1 is 1.52 bits per heavy atom. The van der Waals surface area contributed by atoms with Crippen molar-refractivity contribution in [1.82, 2.24) is 4.90 Å². The molecular weight excluding hydrogens is 311 g/mol. The zero-order valence-electron chi connectivity index (χ0n) is 12.3. The second kappa shape index (κ2) is 7.99. The molecule has 1 aromatic carbocycles. The molecule has 4 nitrogen and oxygen atoms in total. The minimum atomic E-state index is -0.336. The summed E-state index contributed by atoms with van der Waals surface area (Å²) in [4.78, 5) is 13.9. The highest BCUT2D eigenvalue weighted by molar-refractivity contribution is 6.31. The molecule has 1 aliphatic rings. The van der Waals surface area contributed by atoms with Gasteiger partial charge in [-0.05, 0) is 49.6 Å². The Labute approximate surface area is 137 Å². The molecule has 6 heteroatoms. The molecule has 1 heterocycles. The van der Waals surface area contributed by atoms with Crippen LogP contribution in [-0.4, -0.2) is 37.1 Å². The SMILES string of the molecule is COC(=O)c1ccc(Cl)c(CN2CC(CN)CC2C)c1.Cl. The zero-order chi connectivity index (χ0) is 14.7. The maximum absolute atomic E-state index is 11.6. The lowest BCUT2D eigenvalue weighted by Crippen LogP contribution is -2.27. The number of likely N-dealkylation sites (tertiary alicyclic amines) is 1. The van der Waals surface area contributed by atoms with Gasteiger partial charge in [0.1, 0.15) is 0 Å². The minimum absolute atomic E-state index is 0. The molecule has 0 amide bonds. The van der Waals surface area contributed by atoms with E-state index >= 15 is 0 Å². The van der Waals surface area contributed by atoms with Crippen LogP contribution in [0.15, 0.2) is 18.2 Å². The van der Waals surface area contributed by atoms with Gasteiger partial charge < -0.3 is 10.5 Å². The molecule has 1 aromatic rings. The molecular formula is C15H22Cl2N2O2. The summed E-state index contributed by atoms with van der Waals surface area (Å²) < 4.78 is 4.74. The van der Waals surface area contributed by atoms with Gasteiger partial charge in [-0.1, -0.05) is 11.6 Å². The van der Waals surface area contributed by atoms with Crippen LogP contribution in [0.1, 0.15) is 29.3 Å². The topological polar surface area (TPSA) is 55.6 Å². The predicted molar refractivity (Wildman–Crippen MR) is 87.1 cm³/mol. The maximum atomic E-state index is 11.6. The normalized spacial score (nSPS) is 21.9. The lowest BCUT2D eigenvalue weighted by molar-refractivity contribution is 0.0600. The van der Waals surface area contributed by atoms with Gasteiger partial charge in [-0.25, -0.2) is 4.79 Å². The van der Waals surface area contributed by atoms with Crippen molar-refractivity contribution in [3.63, 3.8) is 0 Å². The first-order valence-corrected chi connectivity index (χ1v) is 7.23. The zero-order valence-corrected chi connectivity index (χ0v) is 13.9. The van der Waals surface area contributed by atoms with E-state index in [2.05, 4.69) is 11.8 Å². The van der Waals surface area contributed by atoms with Gasteiger partial charge in [0, 0.05) is 24.2 Å². The number of carbonyl (C=O) groups is 1. The van der Waals surface area contributed by atoms with E-state index in [1.807, 2.05) is 6.07 Å². The number of rotatable bonds is 4. The second-order valence-electron chi connectivity index (χ2n) is 5.41. The molecule has 0 spiro atoms. The van der Waals surface area contributed by atoms with Gasteiger partial charge in [-0.15, -0.1) is 12.4 Å². The molecule has 0 radical (unpaired) electrons. The largest absolute Gasteiger partial charge is 0.465 e. The number of methoxy groups -OCH3 is 1. The van der Waals surface area contributed by atoms with Gasteiger partial charge in [0.25, 0.3) is 0 Å². The van der Waals surface area contributed by atoms with E-state index in [0.717, 1.165) is 31.6 Å². The summed E-state index contributed by atoms with van der Waals surface area (Å²) >= 11 is 6.24. The summed E-state index contributed by atoms with van der Waals surface area (Å²) in [6.45, 7) is 4.64. The number of hydrogen-bond donors (Lipinski definition) is 1. The first-order chi connectivity index (χ1) is 9.55. The number of nitrogens with two attached hydrogens (primary N) is 1. The van der Waals surface area contributed by atoms with Crippen molar-refractivity contribution in [3.8, 4) is 0 Å². The fraction of sp³-hybridized carbons (Fsp3) is 0.533. The molecule has 0 aromatic heterocycles. The van der Waals surface area contributed by atoms with Crippen LogP contribution in [0, 0.1) is 5.92 Å². The minimum Gasteiger partial charge on any atom is -0.465 e. The van der Waals surface area contributed by atoms with Crippen molar-refractivity contribution in [2.75, 3.05) is 20.2 Å². The molecule has 2 unspecified atom stereocenters. The third-order valence-corrected chi connectivity index (χ3v) is 4.33. The maximum Gasteiger partial charge on any atom is 0.337 e. The first-order valence-electron chi connectivity index (χ1n) is 6.86. The highest BCUT2D eigenvalue weighted by Gasteiger charge is 2.28. The Hall–Kier alpha value is -0.810. The predicted octanol–water partition coefficient (Wildman–Crippen LogP) is 2.72. The molecule has 0 aliphatic carbocycles. The highest BCUT2D eigenvalue weighted by atomic mass is 35.5. The number of ether oxygens (including phenoxy) is 1. The van der Waals surface area contributed by atoms with E-state index in [-0.39, 0.29) is 18.4 Å². The van der Waals surface area contributed by atoms with Crippen LogP contribution in [0.4, 0.5) is 0 Å². The fourth-order valence-electron chi connectivity index (χ4n) is 2.77. The van der Waals surface area contributed by atoms with E-state index < -0.39 is 0 Å². The lowest BCUT2D eigenvalue weighted by atomic mass is 10.1. The Kier molecular flexibility index (Phi) is 6.94. The number of esters is 1. The van der Waals surface area contributed by atoms with Crippen molar-refractivity contribution in [1.29, 1.82) is 0 Å². The average Bonchev–Trinajstić information content (AvgIpc) is 2.81. The van der Waals surface area contributed by atoms with Gasteiger partial charge in [-0.2, -0.15) is 0 Å². The van der Waals surface area contributed by atoms with E-state index in [0.29, 0.717) is 22.5 Å². The van der Waals surface area contributed by atoms with Crippen molar-refractivity contribution >= 4 is 30.0 Å². The molecule has 1 aliphatic heterocycles. The van der Waals surface area contributed by atoms with Crippen LogP contribution in [0.25, 0.3) is 0 Å². The molecule has 0 saturated carbocycles. The molecule has 2 atom stereocenters. The van der Waals surface area contributed by atoms with Crippen molar-refractivity contribution in [2.24, 2.45) is 11.7 Å². The van der Waals surface area contributed by atoms with Gasteiger partial charge >= 0.3 is 5.97 Å². The van der Waals surface area contributed by atoms with Crippen LogP contribution in [0.2, 0.25) is 5.02 Å². The van der Waals surface area contributed by atoms with Gasteiger partial charge in [-0.3, -0.25) is 4.90 Å². The van der Waals surface area contributed by atoms with E-state index in [1.54, 1.807) is 12.1 Å². The molecule has 2 N–H and O–H groups in total. The Morgan fingerprint density at radius 3 is 2.81 bits per heavy atom. The molecule has 2 rings (SSSR count). The van der Waals surface area contributed by atoms with Crippen molar-refractivity contribution < 1.29 is 9.53 Å². The van der Waals surface area contributed by atoms with Crippen molar-refractivity contribution in [2.45, 2.75) is 25.9 Å².